The molecule has 0 aromatic carbocycles. The largest absolute Gasteiger partial charge is 0.468 e. The monoisotopic (exact) mass is 418 g/mol. The van der Waals surface area contributed by atoms with E-state index in [0.29, 0.717) is 0 Å². The number of aromatic nitrogens is 2. The fourth-order valence-electron chi connectivity index (χ4n) is 2.97. The summed E-state index contributed by atoms with van der Waals surface area (Å²) >= 11 is 0. The molecule has 0 bridgehead atoms. The van der Waals surface area contributed by atoms with E-state index in [2.05, 4.69) is 14.6 Å². The smallest absolute Gasteiger partial charge is 0.407 e. The van der Waals surface area contributed by atoms with Gasteiger partial charge in [0.25, 0.3) is 0 Å². The Labute approximate surface area is 161 Å². The lowest BCUT2D eigenvalue weighted by molar-refractivity contribution is -0.141. The summed E-state index contributed by atoms with van der Waals surface area (Å²) in [6.45, 7) is 3.06. The fraction of sp³-hybridized carbons (Fsp3) is 0.600. The summed E-state index contributed by atoms with van der Waals surface area (Å²) in [5.74, 6) is -2.87. The van der Waals surface area contributed by atoms with Crippen LogP contribution in [0.25, 0.3) is 0 Å². The van der Waals surface area contributed by atoms with Crippen LogP contribution in [0, 0.1) is 0 Å². The van der Waals surface area contributed by atoms with E-state index in [1.807, 2.05) is 0 Å². The molecule has 0 saturated carbocycles. The minimum atomic E-state index is -4.36. The highest BCUT2D eigenvalue weighted by atomic mass is 32.2. The van der Waals surface area contributed by atoms with Gasteiger partial charge in [-0.2, -0.15) is 5.10 Å². The average Bonchev–Trinajstić information content (AvgIpc) is 3.01. The number of sulfonamides is 1. The molecule has 1 aliphatic heterocycles. The Morgan fingerprint density at radius 2 is 2.00 bits per heavy atom. The van der Waals surface area contributed by atoms with Crippen molar-refractivity contribution in [1.82, 2.24) is 14.7 Å². The zero-order valence-electron chi connectivity index (χ0n) is 15.9. The molecule has 2 heterocycles. The number of ether oxygens (including phenoxy) is 2. The van der Waals surface area contributed by atoms with Crippen LogP contribution in [-0.4, -0.2) is 78.3 Å². The molecule has 2 rings (SSSR count). The Hall–Kier alpha value is -2.83. The number of carbonyl (C=O) groups excluding carboxylic acids is 2. The van der Waals surface area contributed by atoms with Crippen molar-refractivity contribution < 1.29 is 37.4 Å². The van der Waals surface area contributed by atoms with Gasteiger partial charge in [-0.25, -0.2) is 18.0 Å². The molecule has 1 aliphatic rings. The maximum Gasteiger partial charge on any atom is 0.407 e. The summed E-state index contributed by atoms with van der Waals surface area (Å²) in [6, 6.07) is -1.69. The topological polar surface area (TPSA) is 148 Å². The first-order valence-electron chi connectivity index (χ1n) is 8.24. The number of carbonyl (C=O) groups is 3. The molecule has 0 spiro atoms. The van der Waals surface area contributed by atoms with Crippen molar-refractivity contribution in [3.05, 3.63) is 11.9 Å². The van der Waals surface area contributed by atoms with Crippen LogP contribution in [0.15, 0.2) is 6.20 Å². The van der Waals surface area contributed by atoms with E-state index >= 15 is 0 Å². The summed E-state index contributed by atoms with van der Waals surface area (Å²) in [5, 5.41) is 13.5. The number of nitrogens with zero attached hydrogens (tertiary/aromatic N) is 4. The summed E-state index contributed by atoms with van der Waals surface area (Å²) in [4.78, 5) is 36.3. The molecular weight excluding hydrogens is 396 g/mol. The number of methoxy groups -OCH3 is 2. The molecule has 0 saturated heterocycles. The molecule has 1 N–H and O–H groups in total. The summed E-state index contributed by atoms with van der Waals surface area (Å²) in [6.07, 6.45) is 0.0534. The Morgan fingerprint density at radius 1 is 1.36 bits per heavy atom. The van der Waals surface area contributed by atoms with Crippen LogP contribution >= 0.6 is 0 Å². The Balaban J connectivity index is 2.56. The van der Waals surface area contributed by atoms with Gasteiger partial charge in [-0.3, -0.25) is 18.7 Å². The highest BCUT2D eigenvalue weighted by Gasteiger charge is 2.39. The summed E-state index contributed by atoms with van der Waals surface area (Å²) in [5.41, 5.74) is 0.282. The second-order valence-electron chi connectivity index (χ2n) is 6.25. The maximum absolute atomic E-state index is 12.9. The Bertz CT molecular complexity index is 881. The molecular formula is C15H22N4O8S. The Morgan fingerprint density at radius 3 is 2.54 bits per heavy atom. The molecule has 2 atom stereocenters. The van der Waals surface area contributed by atoms with Gasteiger partial charge in [0, 0.05) is 0 Å². The van der Waals surface area contributed by atoms with Gasteiger partial charge < -0.3 is 14.6 Å². The van der Waals surface area contributed by atoms with E-state index in [9.17, 15) is 27.9 Å². The van der Waals surface area contributed by atoms with Crippen molar-refractivity contribution in [3.8, 4) is 0 Å². The van der Waals surface area contributed by atoms with Gasteiger partial charge in [0.05, 0.1) is 50.9 Å². The molecule has 0 unspecified atom stereocenters. The molecule has 1 aromatic heterocycles. The van der Waals surface area contributed by atoms with Gasteiger partial charge in [0.2, 0.25) is 10.0 Å². The zero-order valence-corrected chi connectivity index (χ0v) is 16.7. The molecule has 0 fully saturated rings. The lowest BCUT2D eigenvalue weighted by Crippen LogP contribution is -2.48. The number of carboxylic acid groups (broad SMARTS) is 1. The van der Waals surface area contributed by atoms with Crippen molar-refractivity contribution in [1.29, 1.82) is 0 Å². The third-order valence-corrected chi connectivity index (χ3v) is 6.13. The molecule has 1 aromatic rings. The van der Waals surface area contributed by atoms with Crippen LogP contribution in [0.4, 0.5) is 10.5 Å². The van der Waals surface area contributed by atoms with Crippen LogP contribution in [0.2, 0.25) is 0 Å². The lowest BCUT2D eigenvalue weighted by atomic mass is 10.2. The molecule has 156 valence electrons. The number of esters is 2. The van der Waals surface area contributed by atoms with Gasteiger partial charge in [0.15, 0.2) is 5.75 Å². The third kappa shape index (κ3) is 4.03. The van der Waals surface area contributed by atoms with E-state index in [1.165, 1.54) is 17.8 Å². The number of fused-ring (bicyclic) bond motifs is 1. The van der Waals surface area contributed by atoms with Gasteiger partial charge in [0.1, 0.15) is 6.04 Å². The second kappa shape index (κ2) is 8.04. The molecule has 12 nitrogen and oxygen atoms in total. The van der Waals surface area contributed by atoms with Gasteiger partial charge >= 0.3 is 18.0 Å². The zero-order chi connectivity index (χ0) is 21.2. The number of amides is 1. The SMILES string of the molecule is COC(=O)CS(=O)(=O)N(c1cnn2c1CN(C(=O)O)[C@@H](C)C2)[C@@H](C)C(=O)OC. The molecule has 1 amide bonds. The molecule has 0 aliphatic carbocycles. The van der Waals surface area contributed by atoms with Crippen molar-refractivity contribution in [2.45, 2.75) is 39.0 Å². The van der Waals surface area contributed by atoms with Crippen LogP contribution in [0.5, 0.6) is 0 Å². The highest BCUT2D eigenvalue weighted by Crippen LogP contribution is 2.31. The Kier molecular flexibility index (Phi) is 6.17. The second-order valence-corrected chi connectivity index (χ2v) is 8.09. The number of hydrogen-bond donors (Lipinski definition) is 1. The van der Waals surface area contributed by atoms with Crippen molar-refractivity contribution in [3.63, 3.8) is 0 Å². The average molecular weight is 418 g/mol. The van der Waals surface area contributed by atoms with E-state index in [4.69, 9.17) is 0 Å². The molecule has 0 radical (unpaired) electrons. The van der Waals surface area contributed by atoms with Gasteiger partial charge in [-0.05, 0) is 13.8 Å². The highest BCUT2D eigenvalue weighted by molar-refractivity contribution is 7.93. The fourth-order valence-corrected chi connectivity index (χ4v) is 4.54. The number of hydrogen-bond acceptors (Lipinski definition) is 8. The minimum Gasteiger partial charge on any atom is -0.468 e. The first-order valence-corrected chi connectivity index (χ1v) is 9.85. The van der Waals surface area contributed by atoms with Crippen LogP contribution < -0.4 is 4.31 Å². The van der Waals surface area contributed by atoms with Crippen molar-refractivity contribution >= 4 is 33.7 Å². The lowest BCUT2D eigenvalue weighted by Gasteiger charge is -2.34. The van der Waals surface area contributed by atoms with E-state index in [-0.39, 0.29) is 30.5 Å². The first-order chi connectivity index (χ1) is 13.0. The maximum atomic E-state index is 12.9. The molecule has 28 heavy (non-hydrogen) atoms. The molecule has 13 heteroatoms. The van der Waals surface area contributed by atoms with Crippen LogP contribution in [0.3, 0.4) is 0 Å². The quantitative estimate of drug-likeness (QED) is 0.611. The van der Waals surface area contributed by atoms with Crippen LogP contribution in [0.1, 0.15) is 19.5 Å². The van der Waals surface area contributed by atoms with Crippen molar-refractivity contribution in [2.24, 2.45) is 0 Å². The van der Waals surface area contributed by atoms with Gasteiger partial charge in [-0.15, -0.1) is 0 Å². The summed E-state index contributed by atoms with van der Waals surface area (Å²) < 4.78 is 37.0. The predicted octanol–water partition coefficient (Wildman–Crippen LogP) is -0.364. The van der Waals surface area contributed by atoms with E-state index in [1.54, 1.807) is 6.92 Å². The number of rotatable bonds is 6. The minimum absolute atomic E-state index is 0.0000435. The van der Waals surface area contributed by atoms with Gasteiger partial charge in [-0.1, -0.05) is 0 Å². The van der Waals surface area contributed by atoms with Crippen LogP contribution in [-0.2, 0) is 42.2 Å². The van der Waals surface area contributed by atoms with Crippen molar-refractivity contribution in [2.75, 3.05) is 24.3 Å². The predicted molar refractivity (Wildman–Crippen MR) is 95.0 cm³/mol. The number of anilines is 1. The first kappa shape index (κ1) is 21.5. The standard InChI is InChI=1S/C15H22N4O8S/c1-9-6-18-12(7-17(9)15(22)23)11(5-16-18)19(10(2)14(21)27-4)28(24,25)8-13(20)26-3/h5,9-10H,6-8H2,1-4H3,(H,22,23)/t9-,10-/m0/s1. The van der Waals surface area contributed by atoms with E-state index < -0.39 is 39.8 Å². The normalized spacial score (nSPS) is 17.4. The van der Waals surface area contributed by atoms with E-state index in [0.717, 1.165) is 23.4 Å². The summed E-state index contributed by atoms with van der Waals surface area (Å²) in [7, 11) is -2.21. The third-order valence-electron chi connectivity index (χ3n) is 4.42.